The van der Waals surface area contributed by atoms with Crippen LogP contribution in [0.2, 0.25) is 0 Å². The Morgan fingerprint density at radius 2 is 1.38 bits per heavy atom. The smallest absolute Gasteiger partial charge is 0.475 e. The number of carboxylic acids is 1. The summed E-state index contributed by atoms with van der Waals surface area (Å²) >= 11 is 0. The molecular weight excluding hydrogens is 231 g/mol. The first-order valence-corrected chi connectivity index (χ1v) is 4.53. The SMILES string of the molecule is O=C(O)C(F)(F)F.O=C(O)N1CCCCC1. The number of likely N-dealkylation sites (tertiary alicyclic amines) is 1. The molecule has 0 atom stereocenters. The van der Waals surface area contributed by atoms with Crippen LogP contribution in [0.1, 0.15) is 19.3 Å². The van der Waals surface area contributed by atoms with Crippen LogP contribution in [-0.2, 0) is 4.79 Å². The molecule has 5 nitrogen and oxygen atoms in total. The van der Waals surface area contributed by atoms with Gasteiger partial charge in [0.15, 0.2) is 0 Å². The molecular formula is C8H12F3NO4. The molecule has 16 heavy (non-hydrogen) atoms. The summed E-state index contributed by atoms with van der Waals surface area (Å²) in [4.78, 5) is 20.7. The van der Waals surface area contributed by atoms with Crippen molar-refractivity contribution in [3.05, 3.63) is 0 Å². The largest absolute Gasteiger partial charge is 0.490 e. The van der Waals surface area contributed by atoms with Crippen molar-refractivity contribution < 1.29 is 33.0 Å². The van der Waals surface area contributed by atoms with Gasteiger partial charge < -0.3 is 15.1 Å². The lowest BCUT2D eigenvalue weighted by molar-refractivity contribution is -0.192. The van der Waals surface area contributed by atoms with Crippen molar-refractivity contribution in [3.8, 4) is 0 Å². The van der Waals surface area contributed by atoms with E-state index in [9.17, 15) is 18.0 Å². The molecule has 0 aromatic heterocycles. The highest BCUT2D eigenvalue weighted by molar-refractivity contribution is 5.73. The van der Waals surface area contributed by atoms with E-state index < -0.39 is 18.2 Å². The molecule has 1 rings (SSSR count). The van der Waals surface area contributed by atoms with Crippen molar-refractivity contribution >= 4 is 12.1 Å². The zero-order valence-corrected chi connectivity index (χ0v) is 8.33. The van der Waals surface area contributed by atoms with E-state index in [1.54, 1.807) is 0 Å². The van der Waals surface area contributed by atoms with Crippen LogP contribution in [0, 0.1) is 0 Å². The number of piperidine rings is 1. The predicted octanol–water partition coefficient (Wildman–Crippen LogP) is 1.78. The van der Waals surface area contributed by atoms with Crippen molar-refractivity contribution in [3.63, 3.8) is 0 Å². The third-order valence-electron chi connectivity index (χ3n) is 1.87. The summed E-state index contributed by atoms with van der Waals surface area (Å²) in [7, 11) is 0. The van der Waals surface area contributed by atoms with Crippen LogP contribution >= 0.6 is 0 Å². The zero-order valence-electron chi connectivity index (χ0n) is 8.33. The van der Waals surface area contributed by atoms with E-state index in [4.69, 9.17) is 15.0 Å². The number of carbonyl (C=O) groups is 2. The lowest BCUT2D eigenvalue weighted by atomic mass is 10.1. The van der Waals surface area contributed by atoms with E-state index in [1.165, 1.54) is 11.3 Å². The number of amides is 1. The zero-order chi connectivity index (χ0) is 12.8. The molecule has 0 unspecified atom stereocenters. The van der Waals surface area contributed by atoms with Gasteiger partial charge in [-0.15, -0.1) is 0 Å². The van der Waals surface area contributed by atoms with E-state index >= 15 is 0 Å². The van der Waals surface area contributed by atoms with Crippen molar-refractivity contribution in [1.82, 2.24) is 4.90 Å². The average Bonchev–Trinajstić information content (AvgIpc) is 2.18. The fraction of sp³-hybridized carbons (Fsp3) is 0.750. The minimum absolute atomic E-state index is 0.731. The second-order valence-electron chi connectivity index (χ2n) is 3.13. The van der Waals surface area contributed by atoms with Crippen LogP contribution in [-0.4, -0.2) is 46.4 Å². The van der Waals surface area contributed by atoms with Gasteiger partial charge >= 0.3 is 18.2 Å². The molecule has 0 bridgehead atoms. The van der Waals surface area contributed by atoms with E-state index in [0.29, 0.717) is 0 Å². The van der Waals surface area contributed by atoms with Gasteiger partial charge in [0.2, 0.25) is 0 Å². The number of hydrogen-bond donors (Lipinski definition) is 2. The van der Waals surface area contributed by atoms with Crippen LogP contribution in [0.3, 0.4) is 0 Å². The molecule has 1 aliphatic heterocycles. The number of aliphatic carboxylic acids is 1. The van der Waals surface area contributed by atoms with Gasteiger partial charge in [-0.1, -0.05) is 0 Å². The quantitative estimate of drug-likeness (QED) is 0.679. The monoisotopic (exact) mass is 243 g/mol. The first-order chi connectivity index (χ1) is 7.25. The first-order valence-electron chi connectivity index (χ1n) is 4.53. The highest BCUT2D eigenvalue weighted by atomic mass is 19.4. The Morgan fingerprint density at radius 1 is 1.00 bits per heavy atom. The lowest BCUT2D eigenvalue weighted by Gasteiger charge is -2.22. The number of nitrogens with zero attached hydrogens (tertiary/aromatic N) is 1. The van der Waals surface area contributed by atoms with E-state index in [2.05, 4.69) is 0 Å². The maximum atomic E-state index is 10.6. The molecule has 8 heteroatoms. The third kappa shape index (κ3) is 6.10. The number of hydrogen-bond acceptors (Lipinski definition) is 2. The van der Waals surface area contributed by atoms with Crippen LogP contribution in [0.5, 0.6) is 0 Å². The molecule has 2 N–H and O–H groups in total. The number of halogens is 3. The standard InChI is InChI=1S/C6H11NO2.C2HF3O2/c8-6(9)7-4-2-1-3-5-7;3-2(4,5)1(6)7/h1-5H2,(H,8,9);(H,6,7). The van der Waals surface area contributed by atoms with Gasteiger partial charge in [0, 0.05) is 13.1 Å². The highest BCUT2D eigenvalue weighted by Crippen LogP contribution is 2.13. The summed E-state index contributed by atoms with van der Waals surface area (Å²) in [6.45, 7) is 1.46. The third-order valence-corrected chi connectivity index (χ3v) is 1.87. The second-order valence-corrected chi connectivity index (χ2v) is 3.13. The molecule has 1 amide bonds. The summed E-state index contributed by atoms with van der Waals surface area (Å²) in [5, 5.41) is 15.6. The Morgan fingerprint density at radius 3 is 1.56 bits per heavy atom. The van der Waals surface area contributed by atoms with Crippen LogP contribution < -0.4 is 0 Å². The molecule has 0 spiro atoms. The molecule has 0 aliphatic carbocycles. The molecule has 0 saturated carbocycles. The molecule has 94 valence electrons. The summed E-state index contributed by atoms with van der Waals surface area (Å²) in [6.07, 6.45) is -2.60. The Bertz CT molecular complexity index is 248. The van der Waals surface area contributed by atoms with Crippen molar-refractivity contribution in [2.75, 3.05) is 13.1 Å². The van der Waals surface area contributed by atoms with Crippen molar-refractivity contribution in [2.24, 2.45) is 0 Å². The van der Waals surface area contributed by atoms with E-state index in [-0.39, 0.29) is 0 Å². The minimum Gasteiger partial charge on any atom is -0.475 e. The van der Waals surface area contributed by atoms with E-state index in [0.717, 1.165) is 25.9 Å². The summed E-state index contributed by atoms with van der Waals surface area (Å²) in [6, 6.07) is 0. The highest BCUT2D eigenvalue weighted by Gasteiger charge is 2.38. The Balaban J connectivity index is 0.000000293. The molecule has 1 heterocycles. The van der Waals surface area contributed by atoms with Gasteiger partial charge in [-0.2, -0.15) is 13.2 Å². The predicted molar refractivity (Wildman–Crippen MR) is 47.1 cm³/mol. The molecule has 0 radical (unpaired) electrons. The summed E-state index contributed by atoms with van der Waals surface area (Å²) in [5.74, 6) is -2.76. The van der Waals surface area contributed by atoms with Crippen LogP contribution in [0.25, 0.3) is 0 Å². The van der Waals surface area contributed by atoms with Gasteiger partial charge in [0.1, 0.15) is 0 Å². The van der Waals surface area contributed by atoms with Gasteiger partial charge in [-0.25, -0.2) is 9.59 Å². The summed E-state index contributed by atoms with van der Waals surface area (Å²) < 4.78 is 31.7. The molecule has 1 aliphatic rings. The maximum absolute atomic E-state index is 10.6. The first kappa shape index (κ1) is 14.5. The molecule has 0 aromatic carbocycles. The molecule has 1 fully saturated rings. The van der Waals surface area contributed by atoms with Gasteiger partial charge in [-0.05, 0) is 19.3 Å². The Labute approximate surface area is 89.5 Å². The molecule has 0 aromatic rings. The second kappa shape index (κ2) is 6.19. The van der Waals surface area contributed by atoms with Gasteiger partial charge in [0.05, 0.1) is 0 Å². The number of rotatable bonds is 0. The lowest BCUT2D eigenvalue weighted by Crippen LogP contribution is -2.34. The van der Waals surface area contributed by atoms with Crippen LogP contribution in [0.4, 0.5) is 18.0 Å². The average molecular weight is 243 g/mol. The topological polar surface area (TPSA) is 77.8 Å². The summed E-state index contributed by atoms with van der Waals surface area (Å²) in [5.41, 5.74) is 0. The van der Waals surface area contributed by atoms with Crippen LogP contribution in [0.15, 0.2) is 0 Å². The Kier molecular flexibility index (Phi) is 5.62. The van der Waals surface area contributed by atoms with Gasteiger partial charge in [-0.3, -0.25) is 0 Å². The number of alkyl halides is 3. The fourth-order valence-electron chi connectivity index (χ4n) is 1.09. The van der Waals surface area contributed by atoms with Crippen molar-refractivity contribution in [1.29, 1.82) is 0 Å². The Hall–Kier alpha value is -1.47. The normalized spacial score (nSPS) is 16.1. The van der Waals surface area contributed by atoms with Gasteiger partial charge in [0.25, 0.3) is 0 Å². The molecule has 1 saturated heterocycles. The number of carboxylic acid groups (broad SMARTS) is 2. The maximum Gasteiger partial charge on any atom is 0.490 e. The fourth-order valence-corrected chi connectivity index (χ4v) is 1.09. The minimum atomic E-state index is -5.08. The van der Waals surface area contributed by atoms with Crippen molar-refractivity contribution in [2.45, 2.75) is 25.4 Å². The van der Waals surface area contributed by atoms with E-state index in [1.807, 2.05) is 0 Å².